The van der Waals surface area contributed by atoms with Crippen molar-refractivity contribution in [2.45, 2.75) is 26.8 Å². The summed E-state index contributed by atoms with van der Waals surface area (Å²) in [5, 5.41) is 13.3. The van der Waals surface area contributed by atoms with E-state index < -0.39 is 5.97 Å². The van der Waals surface area contributed by atoms with Gasteiger partial charge in [0.15, 0.2) is 0 Å². The molecule has 1 N–H and O–H groups in total. The Morgan fingerprint density at radius 1 is 1.28 bits per heavy atom. The summed E-state index contributed by atoms with van der Waals surface area (Å²) in [6, 6.07) is 10.0. The van der Waals surface area contributed by atoms with Gasteiger partial charge in [-0.2, -0.15) is 5.10 Å². The number of carboxylic acid groups (broad SMARTS) is 1. The first-order valence-corrected chi connectivity index (χ1v) is 5.86. The van der Waals surface area contributed by atoms with Crippen LogP contribution in [-0.2, 0) is 17.8 Å². The van der Waals surface area contributed by atoms with Gasteiger partial charge in [0, 0.05) is 11.3 Å². The van der Waals surface area contributed by atoms with E-state index in [1.807, 2.05) is 48.9 Å². The van der Waals surface area contributed by atoms with Crippen molar-refractivity contribution < 1.29 is 9.90 Å². The molecule has 4 nitrogen and oxygen atoms in total. The van der Waals surface area contributed by atoms with Crippen molar-refractivity contribution in [3.63, 3.8) is 0 Å². The number of hydrogen-bond donors (Lipinski definition) is 1. The molecule has 0 radical (unpaired) electrons. The van der Waals surface area contributed by atoms with Crippen molar-refractivity contribution >= 4 is 5.97 Å². The highest BCUT2D eigenvalue weighted by atomic mass is 16.4. The monoisotopic (exact) mass is 244 g/mol. The zero-order chi connectivity index (χ0) is 13.1. The van der Waals surface area contributed by atoms with Crippen molar-refractivity contribution in [2.24, 2.45) is 0 Å². The van der Waals surface area contributed by atoms with Crippen LogP contribution in [0.5, 0.6) is 0 Å². The fourth-order valence-electron chi connectivity index (χ4n) is 2.05. The first-order chi connectivity index (χ1) is 8.58. The van der Waals surface area contributed by atoms with Crippen molar-refractivity contribution in [2.75, 3.05) is 0 Å². The molecule has 1 aromatic heterocycles. The van der Waals surface area contributed by atoms with E-state index in [-0.39, 0.29) is 6.42 Å². The molecule has 0 saturated heterocycles. The number of nitrogens with zero attached hydrogens (tertiary/aromatic N) is 2. The highest BCUT2D eigenvalue weighted by Crippen LogP contribution is 2.15. The van der Waals surface area contributed by atoms with Gasteiger partial charge in [-0.05, 0) is 19.4 Å². The Bertz CT molecular complexity index is 559. The predicted octanol–water partition coefficient (Wildman–Crippen LogP) is 2.18. The Morgan fingerprint density at radius 2 is 1.94 bits per heavy atom. The van der Waals surface area contributed by atoms with Crippen LogP contribution in [0.25, 0.3) is 0 Å². The maximum Gasteiger partial charge on any atom is 0.307 e. The maximum atomic E-state index is 10.8. The van der Waals surface area contributed by atoms with Gasteiger partial charge in [-0.1, -0.05) is 30.3 Å². The first-order valence-electron chi connectivity index (χ1n) is 5.86. The number of hydrogen-bond acceptors (Lipinski definition) is 2. The second kappa shape index (κ2) is 5.04. The molecule has 0 aliphatic rings. The lowest BCUT2D eigenvalue weighted by Crippen LogP contribution is -2.05. The van der Waals surface area contributed by atoms with E-state index >= 15 is 0 Å². The fraction of sp³-hybridized carbons (Fsp3) is 0.286. The third kappa shape index (κ3) is 2.59. The van der Waals surface area contributed by atoms with Gasteiger partial charge in [-0.3, -0.25) is 9.48 Å². The van der Waals surface area contributed by atoms with Crippen LogP contribution in [0, 0.1) is 13.8 Å². The molecule has 1 aromatic carbocycles. The molecule has 0 fully saturated rings. The van der Waals surface area contributed by atoms with Crippen LogP contribution in [0.2, 0.25) is 0 Å². The highest BCUT2D eigenvalue weighted by Gasteiger charge is 2.14. The zero-order valence-corrected chi connectivity index (χ0v) is 10.6. The van der Waals surface area contributed by atoms with E-state index in [4.69, 9.17) is 5.11 Å². The summed E-state index contributed by atoms with van der Waals surface area (Å²) in [4.78, 5) is 10.8. The smallest absolute Gasteiger partial charge is 0.307 e. The van der Waals surface area contributed by atoms with Crippen LogP contribution in [0.3, 0.4) is 0 Å². The Labute approximate surface area is 106 Å². The van der Waals surface area contributed by atoms with Crippen molar-refractivity contribution in [3.05, 3.63) is 52.8 Å². The Hall–Kier alpha value is -2.10. The lowest BCUT2D eigenvalue weighted by Gasteiger charge is -2.05. The lowest BCUT2D eigenvalue weighted by atomic mass is 10.1. The number of rotatable bonds is 4. The molecule has 0 bridgehead atoms. The average molecular weight is 244 g/mol. The summed E-state index contributed by atoms with van der Waals surface area (Å²) in [7, 11) is 0. The van der Waals surface area contributed by atoms with Crippen LogP contribution >= 0.6 is 0 Å². The Morgan fingerprint density at radius 3 is 2.56 bits per heavy atom. The number of aryl methyl sites for hydroxylation is 1. The second-order valence-electron chi connectivity index (χ2n) is 4.36. The number of carbonyl (C=O) groups is 1. The van der Waals surface area contributed by atoms with E-state index in [1.54, 1.807) is 0 Å². The molecule has 1 heterocycles. The van der Waals surface area contributed by atoms with E-state index in [1.165, 1.54) is 0 Å². The average Bonchev–Trinajstić information content (AvgIpc) is 2.58. The zero-order valence-electron chi connectivity index (χ0n) is 10.6. The topological polar surface area (TPSA) is 55.1 Å². The molecule has 2 rings (SSSR count). The summed E-state index contributed by atoms with van der Waals surface area (Å²) in [6.07, 6.45) is 0.0342. The summed E-state index contributed by atoms with van der Waals surface area (Å²) in [6.45, 7) is 4.45. The minimum atomic E-state index is -0.819. The van der Waals surface area contributed by atoms with Crippen LogP contribution in [0.4, 0.5) is 0 Å². The second-order valence-corrected chi connectivity index (χ2v) is 4.36. The standard InChI is InChI=1S/C14H16N2O2/c1-10-13(8-14(17)18)11(2)16(15-10)9-12-6-4-3-5-7-12/h3-7H,8-9H2,1-2H3,(H,17,18). The SMILES string of the molecule is Cc1nn(Cc2ccccc2)c(C)c1CC(=O)O. The van der Waals surface area contributed by atoms with E-state index in [9.17, 15) is 4.79 Å². The van der Waals surface area contributed by atoms with Crippen molar-refractivity contribution in [1.82, 2.24) is 9.78 Å². The molecule has 94 valence electrons. The lowest BCUT2D eigenvalue weighted by molar-refractivity contribution is -0.136. The van der Waals surface area contributed by atoms with Crippen LogP contribution in [0.15, 0.2) is 30.3 Å². The third-order valence-electron chi connectivity index (χ3n) is 3.03. The minimum Gasteiger partial charge on any atom is -0.481 e. The van der Waals surface area contributed by atoms with Gasteiger partial charge in [0.05, 0.1) is 18.7 Å². The van der Waals surface area contributed by atoms with Crippen LogP contribution < -0.4 is 0 Å². The molecule has 0 spiro atoms. The molecular formula is C14H16N2O2. The number of aliphatic carboxylic acids is 1. The fourth-order valence-corrected chi connectivity index (χ4v) is 2.05. The summed E-state index contributed by atoms with van der Waals surface area (Å²) in [5.74, 6) is -0.819. The van der Waals surface area contributed by atoms with Gasteiger partial charge in [-0.25, -0.2) is 0 Å². The van der Waals surface area contributed by atoms with Gasteiger partial charge in [0.25, 0.3) is 0 Å². The molecule has 0 amide bonds. The largest absolute Gasteiger partial charge is 0.481 e. The molecule has 0 unspecified atom stereocenters. The molecule has 0 saturated carbocycles. The number of aromatic nitrogens is 2. The number of benzene rings is 1. The molecule has 4 heteroatoms. The van der Waals surface area contributed by atoms with Crippen molar-refractivity contribution in [3.8, 4) is 0 Å². The first kappa shape index (κ1) is 12.4. The Balaban J connectivity index is 2.27. The number of carboxylic acids is 1. The molecule has 0 aliphatic carbocycles. The van der Waals surface area contributed by atoms with Gasteiger partial charge >= 0.3 is 5.97 Å². The third-order valence-corrected chi connectivity index (χ3v) is 3.03. The van der Waals surface area contributed by atoms with Crippen LogP contribution in [-0.4, -0.2) is 20.9 Å². The quantitative estimate of drug-likeness (QED) is 0.896. The molecule has 18 heavy (non-hydrogen) atoms. The Kier molecular flexibility index (Phi) is 3.46. The van der Waals surface area contributed by atoms with Crippen molar-refractivity contribution in [1.29, 1.82) is 0 Å². The normalized spacial score (nSPS) is 10.6. The van der Waals surface area contributed by atoms with Gasteiger partial charge in [0.1, 0.15) is 0 Å². The van der Waals surface area contributed by atoms with Gasteiger partial charge in [0.2, 0.25) is 0 Å². The van der Waals surface area contributed by atoms with E-state index in [0.717, 1.165) is 22.5 Å². The highest BCUT2D eigenvalue weighted by molar-refractivity contribution is 5.70. The van der Waals surface area contributed by atoms with E-state index in [2.05, 4.69) is 5.10 Å². The predicted molar refractivity (Wildman–Crippen MR) is 68.6 cm³/mol. The summed E-state index contributed by atoms with van der Waals surface area (Å²) in [5.41, 5.74) is 3.70. The summed E-state index contributed by atoms with van der Waals surface area (Å²) < 4.78 is 1.86. The van der Waals surface area contributed by atoms with Gasteiger partial charge < -0.3 is 5.11 Å². The molecule has 2 aromatic rings. The van der Waals surface area contributed by atoms with E-state index in [0.29, 0.717) is 6.54 Å². The molecule has 0 atom stereocenters. The minimum absolute atomic E-state index is 0.0342. The molecule has 0 aliphatic heterocycles. The van der Waals surface area contributed by atoms with Gasteiger partial charge in [-0.15, -0.1) is 0 Å². The summed E-state index contributed by atoms with van der Waals surface area (Å²) >= 11 is 0. The molecular weight excluding hydrogens is 228 g/mol. The maximum absolute atomic E-state index is 10.8. The van der Waals surface area contributed by atoms with Crippen LogP contribution in [0.1, 0.15) is 22.5 Å².